The zero-order valence-corrected chi connectivity index (χ0v) is 30.0. The van der Waals surface area contributed by atoms with Crippen molar-refractivity contribution in [2.24, 2.45) is 0 Å². The lowest BCUT2D eigenvalue weighted by atomic mass is 9.73. The largest absolute Gasteiger partial charge is 0.455 e. The summed E-state index contributed by atoms with van der Waals surface area (Å²) in [6.07, 6.45) is 0. The van der Waals surface area contributed by atoms with Gasteiger partial charge >= 0.3 is 0 Å². The predicted molar refractivity (Wildman–Crippen MR) is 224 cm³/mol. The minimum atomic E-state index is -0.202. The summed E-state index contributed by atoms with van der Waals surface area (Å²) in [5, 5.41) is 4.58. The number of anilines is 3. The molecule has 0 saturated carbocycles. The lowest BCUT2D eigenvalue weighted by molar-refractivity contribution is 0.632. The molecule has 3 nitrogen and oxygen atoms in total. The van der Waals surface area contributed by atoms with E-state index in [1.165, 1.54) is 33.6 Å². The summed E-state index contributed by atoms with van der Waals surface area (Å²) in [6.45, 7) is 4.69. The molecule has 0 atom stereocenters. The van der Waals surface area contributed by atoms with Crippen LogP contribution in [0.25, 0.3) is 77.3 Å². The number of hydrogen-bond donors (Lipinski definition) is 0. The van der Waals surface area contributed by atoms with Gasteiger partial charge in [-0.2, -0.15) is 0 Å². The SMILES string of the molecule is CC1(C)c2ccccc2N(c2ccc(-c3cccc4c3oc3ccccc34)cc2)c2ccc(-c3ccc(-c4cccc5c4oc4ccccc45)cc3)cc21. The van der Waals surface area contributed by atoms with Gasteiger partial charge in [-0.25, -0.2) is 0 Å². The van der Waals surface area contributed by atoms with Gasteiger partial charge in [-0.1, -0.05) is 147 Å². The molecule has 2 aromatic heterocycles. The average Bonchev–Trinajstić information content (AvgIpc) is 3.80. The fraction of sp³-hybridized carbons (Fsp3) is 0.0588. The minimum absolute atomic E-state index is 0.202. The van der Waals surface area contributed by atoms with Crippen LogP contribution in [0.2, 0.25) is 0 Å². The Kier molecular flexibility index (Phi) is 6.60. The highest BCUT2D eigenvalue weighted by Gasteiger charge is 2.37. The highest BCUT2D eigenvalue weighted by atomic mass is 16.3. The molecule has 0 amide bonds. The standard InChI is InChI=1S/C51H35NO2/c1-51(2)43-17-5-6-18-45(43)52(36-28-25-34(26-29-36)38-14-10-16-42-40-12-4-8-20-48(40)54-50(38)42)46-30-27-35(31-44(46)51)32-21-23-33(24-22-32)37-13-9-15-41-39-11-3-7-19-47(39)53-49(37)41/h3-31H,1-2H3. The van der Waals surface area contributed by atoms with E-state index < -0.39 is 0 Å². The van der Waals surface area contributed by atoms with Crippen molar-refractivity contribution < 1.29 is 8.83 Å². The summed E-state index contributed by atoms with van der Waals surface area (Å²) in [5.41, 5.74) is 16.5. The third-order valence-electron chi connectivity index (χ3n) is 11.5. The second-order valence-electron chi connectivity index (χ2n) is 14.9. The van der Waals surface area contributed by atoms with E-state index in [0.29, 0.717) is 0 Å². The Hall–Kier alpha value is -6.84. The van der Waals surface area contributed by atoms with E-state index in [9.17, 15) is 0 Å². The van der Waals surface area contributed by atoms with E-state index >= 15 is 0 Å². The van der Waals surface area contributed by atoms with Crippen molar-refractivity contribution in [3.63, 3.8) is 0 Å². The second-order valence-corrected chi connectivity index (χ2v) is 14.9. The Morgan fingerprint density at radius 3 is 1.50 bits per heavy atom. The zero-order valence-electron chi connectivity index (χ0n) is 30.0. The maximum atomic E-state index is 6.39. The van der Waals surface area contributed by atoms with Crippen molar-refractivity contribution in [1.82, 2.24) is 0 Å². The van der Waals surface area contributed by atoms with E-state index in [-0.39, 0.29) is 5.41 Å². The van der Waals surface area contributed by atoms with Crippen LogP contribution in [0.4, 0.5) is 17.1 Å². The van der Waals surface area contributed by atoms with Crippen LogP contribution in [0.3, 0.4) is 0 Å². The fourth-order valence-corrected chi connectivity index (χ4v) is 8.74. The summed E-state index contributed by atoms with van der Waals surface area (Å²) >= 11 is 0. The lowest BCUT2D eigenvalue weighted by Crippen LogP contribution is -2.30. The molecule has 1 aliphatic heterocycles. The summed E-state index contributed by atoms with van der Waals surface area (Å²) in [7, 11) is 0. The van der Waals surface area contributed by atoms with E-state index in [4.69, 9.17) is 8.83 Å². The maximum absolute atomic E-state index is 6.39. The van der Waals surface area contributed by atoms with Crippen LogP contribution in [0.15, 0.2) is 185 Å². The van der Waals surface area contributed by atoms with Gasteiger partial charge in [-0.15, -0.1) is 0 Å². The van der Waals surface area contributed by atoms with Crippen LogP contribution in [0.1, 0.15) is 25.0 Å². The molecule has 0 unspecified atom stereocenters. The number of fused-ring (bicyclic) bond motifs is 8. The van der Waals surface area contributed by atoms with Crippen LogP contribution < -0.4 is 4.90 Å². The summed E-state index contributed by atoms with van der Waals surface area (Å²) in [5.74, 6) is 0. The summed E-state index contributed by atoms with van der Waals surface area (Å²) in [4.78, 5) is 2.42. The van der Waals surface area contributed by atoms with Gasteiger partial charge in [-0.05, 0) is 75.8 Å². The first-order valence-electron chi connectivity index (χ1n) is 18.6. The van der Waals surface area contributed by atoms with E-state index in [1.807, 2.05) is 24.3 Å². The Morgan fingerprint density at radius 2 is 0.870 bits per heavy atom. The number of benzene rings is 8. The first-order chi connectivity index (χ1) is 26.5. The highest BCUT2D eigenvalue weighted by Crippen LogP contribution is 2.53. The molecule has 0 fully saturated rings. The molecular formula is C51H35NO2. The van der Waals surface area contributed by atoms with E-state index in [2.05, 4.69) is 170 Å². The van der Waals surface area contributed by atoms with Crippen molar-refractivity contribution >= 4 is 60.9 Å². The quantitative estimate of drug-likeness (QED) is 0.184. The molecule has 256 valence electrons. The van der Waals surface area contributed by atoms with Crippen molar-refractivity contribution in [2.45, 2.75) is 19.3 Å². The molecule has 0 N–H and O–H groups in total. The summed E-state index contributed by atoms with van der Waals surface area (Å²) in [6, 6.07) is 63.0. The smallest absolute Gasteiger partial charge is 0.143 e. The monoisotopic (exact) mass is 693 g/mol. The first-order valence-corrected chi connectivity index (χ1v) is 18.6. The minimum Gasteiger partial charge on any atom is -0.455 e. The van der Waals surface area contributed by atoms with Crippen LogP contribution in [-0.4, -0.2) is 0 Å². The van der Waals surface area contributed by atoms with Gasteiger partial charge < -0.3 is 13.7 Å². The molecule has 0 bridgehead atoms. The Morgan fingerprint density at radius 1 is 0.389 bits per heavy atom. The predicted octanol–water partition coefficient (Wildman–Crippen LogP) is 14.6. The molecule has 10 aromatic rings. The third kappa shape index (κ3) is 4.55. The average molecular weight is 694 g/mol. The van der Waals surface area contributed by atoms with Crippen LogP contribution >= 0.6 is 0 Å². The van der Waals surface area contributed by atoms with Crippen LogP contribution in [0.5, 0.6) is 0 Å². The topological polar surface area (TPSA) is 29.5 Å². The number of rotatable bonds is 4. The molecule has 1 aliphatic rings. The molecule has 0 spiro atoms. The number of hydrogen-bond acceptors (Lipinski definition) is 3. The molecule has 8 aromatic carbocycles. The Labute approximate surface area is 313 Å². The van der Waals surface area contributed by atoms with Gasteiger partial charge in [0.1, 0.15) is 22.3 Å². The van der Waals surface area contributed by atoms with Gasteiger partial charge in [0, 0.05) is 43.8 Å². The molecule has 0 aliphatic carbocycles. The van der Waals surface area contributed by atoms with E-state index in [0.717, 1.165) is 71.8 Å². The van der Waals surface area contributed by atoms with Gasteiger partial charge in [0.25, 0.3) is 0 Å². The zero-order chi connectivity index (χ0) is 36.0. The van der Waals surface area contributed by atoms with Gasteiger partial charge in [0.05, 0.1) is 11.4 Å². The van der Waals surface area contributed by atoms with Gasteiger partial charge in [0.2, 0.25) is 0 Å². The third-order valence-corrected chi connectivity index (χ3v) is 11.5. The molecule has 0 saturated heterocycles. The molecule has 11 rings (SSSR count). The van der Waals surface area contributed by atoms with E-state index in [1.54, 1.807) is 0 Å². The number of nitrogens with zero attached hydrogens (tertiary/aromatic N) is 1. The lowest BCUT2D eigenvalue weighted by Gasteiger charge is -2.42. The molecule has 3 heteroatoms. The van der Waals surface area contributed by atoms with Crippen LogP contribution in [0, 0.1) is 0 Å². The molecule has 3 heterocycles. The van der Waals surface area contributed by atoms with Gasteiger partial charge in [-0.3, -0.25) is 0 Å². The number of para-hydroxylation sites is 5. The van der Waals surface area contributed by atoms with Crippen molar-refractivity contribution in [3.05, 3.63) is 187 Å². The van der Waals surface area contributed by atoms with Crippen molar-refractivity contribution in [1.29, 1.82) is 0 Å². The van der Waals surface area contributed by atoms with Crippen LogP contribution in [-0.2, 0) is 5.41 Å². The second kappa shape index (κ2) is 11.6. The highest BCUT2D eigenvalue weighted by molar-refractivity contribution is 6.10. The fourth-order valence-electron chi connectivity index (χ4n) is 8.74. The normalized spacial score (nSPS) is 13.5. The van der Waals surface area contributed by atoms with Crippen molar-refractivity contribution in [2.75, 3.05) is 4.90 Å². The van der Waals surface area contributed by atoms with Gasteiger partial charge in [0.15, 0.2) is 0 Å². The number of furan rings is 2. The first kappa shape index (κ1) is 30.8. The summed E-state index contributed by atoms with van der Waals surface area (Å²) < 4.78 is 12.8. The molecular weight excluding hydrogens is 659 g/mol. The molecule has 54 heavy (non-hydrogen) atoms. The Bertz CT molecular complexity index is 3070. The maximum Gasteiger partial charge on any atom is 0.143 e. The van der Waals surface area contributed by atoms with Crippen molar-refractivity contribution in [3.8, 4) is 33.4 Å². The Balaban J connectivity index is 0.977. The molecule has 0 radical (unpaired) electrons.